The lowest BCUT2D eigenvalue weighted by Gasteiger charge is -2.55. The molecule has 0 bridgehead atoms. The van der Waals surface area contributed by atoms with Crippen molar-refractivity contribution in [2.75, 3.05) is 26.9 Å². The van der Waals surface area contributed by atoms with Crippen LogP contribution in [0, 0.1) is 11.8 Å². The molecule has 4 atom stereocenters. The number of nitrogen functional groups attached to an aromatic ring is 1. The van der Waals surface area contributed by atoms with Gasteiger partial charge in [-0.1, -0.05) is 81.4 Å². The second kappa shape index (κ2) is 13.7. The Balaban J connectivity index is 1.42. The van der Waals surface area contributed by atoms with E-state index in [1.165, 1.54) is 0 Å². The van der Waals surface area contributed by atoms with Gasteiger partial charge in [0.15, 0.2) is 25.4 Å². The van der Waals surface area contributed by atoms with Gasteiger partial charge in [0.1, 0.15) is 30.3 Å². The lowest BCUT2D eigenvalue weighted by atomic mass is 9.57. The highest BCUT2D eigenvalue weighted by molar-refractivity contribution is 6.74. The number of methoxy groups -OCH3 is 1. The average Bonchev–Trinajstić information content (AvgIpc) is 3.55. The zero-order valence-corrected chi connectivity index (χ0v) is 33.2. The molecular formula is C42H49N3O8Si. The van der Waals surface area contributed by atoms with E-state index in [-0.39, 0.29) is 58.0 Å². The number of aromatic nitrogens is 1. The number of ether oxygens (including phenoxy) is 3. The molecule has 0 radical (unpaired) electrons. The molecule has 3 N–H and O–H groups in total. The third kappa shape index (κ3) is 6.00. The van der Waals surface area contributed by atoms with Gasteiger partial charge in [0.05, 0.1) is 24.4 Å². The Morgan fingerprint density at radius 1 is 0.963 bits per heavy atom. The standard InChI is InChI=1S/C42H49N3O8Si/c1-41(2,3)54(7,8)53-42-28(34(45(4)5)37-33(39(42)48)40(44-52-37)51-23-25-17-13-10-14-18-25)20-26-19-27-30(49-6)21-29(43)36(32(27)35(46)31(26)38(42)47)50-22-24-15-11-9-12-16-24/h9-18,21,26,28,34,46H,19-20,22-23,43H2,1-8H3/t26-,28-,34-,42?/m0/s1. The second-order valence-corrected chi connectivity index (χ2v) is 21.0. The molecule has 284 valence electrons. The van der Waals surface area contributed by atoms with Crippen molar-refractivity contribution in [1.29, 1.82) is 0 Å². The van der Waals surface area contributed by atoms with Crippen molar-refractivity contribution in [1.82, 2.24) is 10.1 Å². The quantitative estimate of drug-likeness (QED) is 0.0933. The van der Waals surface area contributed by atoms with Gasteiger partial charge in [-0.05, 0) is 67.3 Å². The minimum Gasteiger partial charge on any atom is -0.507 e. The molecule has 1 saturated carbocycles. The number of Topliss-reactive ketones (excluding diaryl/α,β-unsaturated/α-hetero) is 2. The van der Waals surface area contributed by atoms with Crippen LogP contribution in [-0.2, 0) is 28.9 Å². The number of fused-ring (bicyclic) bond motifs is 4. The fraction of sp³-hybridized carbons (Fsp3) is 0.405. The smallest absolute Gasteiger partial charge is 0.265 e. The van der Waals surface area contributed by atoms with Crippen LogP contribution in [0.2, 0.25) is 18.1 Å². The molecule has 3 aliphatic rings. The van der Waals surface area contributed by atoms with Crippen molar-refractivity contribution in [3.8, 4) is 17.4 Å². The molecule has 4 aromatic rings. The summed E-state index contributed by atoms with van der Waals surface area (Å²) in [7, 11) is 2.42. The van der Waals surface area contributed by atoms with Gasteiger partial charge in [-0.2, -0.15) is 0 Å². The van der Waals surface area contributed by atoms with Crippen LogP contribution in [0.15, 0.2) is 76.8 Å². The maximum absolute atomic E-state index is 15.7. The Morgan fingerprint density at radius 2 is 1.57 bits per heavy atom. The van der Waals surface area contributed by atoms with Crippen LogP contribution < -0.4 is 19.9 Å². The van der Waals surface area contributed by atoms with Crippen molar-refractivity contribution in [2.24, 2.45) is 11.8 Å². The maximum Gasteiger partial charge on any atom is 0.265 e. The van der Waals surface area contributed by atoms with E-state index < -0.39 is 43.4 Å². The molecule has 0 spiro atoms. The third-order valence-corrected chi connectivity index (χ3v) is 16.2. The van der Waals surface area contributed by atoms with E-state index in [0.717, 1.165) is 11.1 Å². The van der Waals surface area contributed by atoms with E-state index in [2.05, 4.69) is 25.9 Å². The minimum absolute atomic E-state index is 0.00131. The number of ketones is 2. The summed E-state index contributed by atoms with van der Waals surface area (Å²) < 4.78 is 31.5. The fourth-order valence-electron chi connectivity index (χ4n) is 8.06. The first-order valence-electron chi connectivity index (χ1n) is 18.3. The van der Waals surface area contributed by atoms with Gasteiger partial charge in [-0.15, -0.1) is 0 Å². The number of nitrogens with two attached hydrogens (primary N) is 1. The third-order valence-electron chi connectivity index (χ3n) is 11.7. The van der Waals surface area contributed by atoms with Crippen LogP contribution >= 0.6 is 0 Å². The molecule has 54 heavy (non-hydrogen) atoms. The number of hydrogen-bond donors (Lipinski definition) is 2. The summed E-state index contributed by atoms with van der Waals surface area (Å²) in [6, 6.07) is 20.2. The fourth-order valence-corrected chi connectivity index (χ4v) is 9.51. The first-order valence-corrected chi connectivity index (χ1v) is 21.2. The maximum atomic E-state index is 15.7. The molecule has 1 fully saturated rings. The predicted octanol–water partition coefficient (Wildman–Crippen LogP) is 7.71. The van der Waals surface area contributed by atoms with Crippen molar-refractivity contribution >= 4 is 31.3 Å². The van der Waals surface area contributed by atoms with Crippen LogP contribution in [0.1, 0.15) is 71.6 Å². The minimum atomic E-state index is -2.90. The SMILES string of the molecule is COc1cc(N)c(OCc2ccccc2)c2c1C[C@H]1C[C@H]3[C@H](N(C)C)c4onc(OCc5ccccc5)c4C(=O)C3(O[Si](C)(C)C(C)(C)C)C(=O)C1=C2O. The molecule has 3 aromatic carbocycles. The molecule has 12 heteroatoms. The molecule has 0 amide bonds. The van der Waals surface area contributed by atoms with Gasteiger partial charge in [0, 0.05) is 23.1 Å². The number of aliphatic hydroxyl groups excluding tert-OH is 1. The van der Waals surface area contributed by atoms with Gasteiger partial charge >= 0.3 is 0 Å². The van der Waals surface area contributed by atoms with Gasteiger partial charge < -0.3 is 34.0 Å². The Bertz CT molecular complexity index is 2120. The van der Waals surface area contributed by atoms with Crippen LogP contribution in [0.25, 0.3) is 5.76 Å². The number of hydrogen-bond acceptors (Lipinski definition) is 11. The van der Waals surface area contributed by atoms with Crippen molar-refractivity contribution < 1.29 is 37.9 Å². The van der Waals surface area contributed by atoms with E-state index in [1.807, 2.05) is 92.8 Å². The summed E-state index contributed by atoms with van der Waals surface area (Å²) >= 11 is 0. The van der Waals surface area contributed by atoms with Crippen LogP contribution in [0.4, 0.5) is 5.69 Å². The zero-order valence-electron chi connectivity index (χ0n) is 32.2. The van der Waals surface area contributed by atoms with Gasteiger partial charge in [0.25, 0.3) is 5.88 Å². The van der Waals surface area contributed by atoms with Crippen LogP contribution in [0.3, 0.4) is 0 Å². The van der Waals surface area contributed by atoms with Gasteiger partial charge in [0.2, 0.25) is 11.6 Å². The number of carbonyl (C=O) groups is 2. The largest absolute Gasteiger partial charge is 0.507 e. The topological polar surface area (TPSA) is 147 Å². The number of carbonyl (C=O) groups excluding carboxylic acids is 2. The summed E-state index contributed by atoms with van der Waals surface area (Å²) in [5.74, 6) is -1.58. The Morgan fingerprint density at radius 3 is 2.15 bits per heavy atom. The lowest BCUT2D eigenvalue weighted by Crippen LogP contribution is -2.68. The number of benzene rings is 3. The van der Waals surface area contributed by atoms with Crippen LogP contribution in [-0.4, -0.2) is 61.9 Å². The highest BCUT2D eigenvalue weighted by Crippen LogP contribution is 2.60. The molecule has 1 aromatic heterocycles. The summed E-state index contributed by atoms with van der Waals surface area (Å²) in [6.45, 7) is 10.6. The Hall–Kier alpha value is -4.91. The van der Waals surface area contributed by atoms with Crippen molar-refractivity contribution in [3.63, 3.8) is 0 Å². The monoisotopic (exact) mass is 751 g/mol. The highest BCUT2D eigenvalue weighted by atomic mass is 28.4. The van der Waals surface area contributed by atoms with E-state index in [0.29, 0.717) is 29.9 Å². The van der Waals surface area contributed by atoms with E-state index in [1.54, 1.807) is 13.2 Å². The second-order valence-electron chi connectivity index (χ2n) is 16.3. The summed E-state index contributed by atoms with van der Waals surface area (Å²) in [5, 5.41) is 16.3. The number of nitrogens with zero attached hydrogens (tertiary/aromatic N) is 2. The molecule has 0 aliphatic heterocycles. The highest BCUT2D eigenvalue weighted by Gasteiger charge is 2.69. The summed E-state index contributed by atoms with van der Waals surface area (Å²) in [4.78, 5) is 33.1. The molecule has 1 heterocycles. The molecule has 1 unspecified atom stereocenters. The first-order chi connectivity index (χ1) is 25.6. The molecule has 7 rings (SSSR count). The number of aliphatic hydroxyl groups is 1. The van der Waals surface area contributed by atoms with Crippen LogP contribution in [0.5, 0.6) is 17.4 Å². The zero-order chi connectivity index (χ0) is 38.7. The van der Waals surface area contributed by atoms with E-state index in [4.69, 9.17) is 28.9 Å². The van der Waals surface area contributed by atoms with E-state index >= 15 is 9.59 Å². The lowest BCUT2D eigenvalue weighted by molar-refractivity contribution is -0.140. The molecular weight excluding hydrogens is 703 g/mol. The molecule has 3 aliphatic carbocycles. The first kappa shape index (κ1) is 37.4. The van der Waals surface area contributed by atoms with Crippen molar-refractivity contribution in [2.45, 2.75) is 76.6 Å². The predicted molar refractivity (Wildman–Crippen MR) is 207 cm³/mol. The Kier molecular flexibility index (Phi) is 9.52. The number of anilines is 1. The molecule has 0 saturated heterocycles. The Labute approximate surface area is 317 Å². The molecule has 11 nitrogen and oxygen atoms in total. The number of rotatable bonds is 10. The van der Waals surface area contributed by atoms with E-state index in [9.17, 15) is 5.11 Å². The van der Waals surface area contributed by atoms with Crippen molar-refractivity contribution in [3.05, 3.63) is 106 Å². The normalized spacial score (nSPS) is 22.4. The van der Waals surface area contributed by atoms with Gasteiger partial charge in [-0.3, -0.25) is 14.5 Å². The average molecular weight is 752 g/mol. The van der Waals surface area contributed by atoms with Gasteiger partial charge in [-0.25, -0.2) is 0 Å². The summed E-state index contributed by atoms with van der Waals surface area (Å²) in [5.41, 5.74) is 7.74. The summed E-state index contributed by atoms with van der Waals surface area (Å²) in [6.07, 6.45) is 0.656.